The summed E-state index contributed by atoms with van der Waals surface area (Å²) in [5, 5.41) is 12.5. The number of nitrogens with one attached hydrogen (secondary N) is 1. The largest absolute Gasteiger partial charge is 0.396 e. The molecule has 1 aromatic rings. The van der Waals surface area contributed by atoms with E-state index in [1.807, 2.05) is 0 Å². The number of aliphatic hydroxyl groups excluding tert-OH is 1. The third-order valence-electron chi connectivity index (χ3n) is 5.69. The number of nitrogens with zero attached hydrogens (tertiary/aromatic N) is 1. The summed E-state index contributed by atoms with van der Waals surface area (Å²) in [6.07, 6.45) is 3.59. The third-order valence-corrected chi connectivity index (χ3v) is 7.49. The molecule has 0 aromatic heterocycles. The highest BCUT2D eigenvalue weighted by atomic mass is 32.2. The van der Waals surface area contributed by atoms with Crippen LogP contribution in [0, 0.1) is 11.3 Å². The lowest BCUT2D eigenvalue weighted by atomic mass is 9.69. The number of carbonyl (C=O) groups is 1. The quantitative estimate of drug-likeness (QED) is 0.689. The zero-order valence-electron chi connectivity index (χ0n) is 15.7. The molecule has 2 N–H and O–H groups in total. The molecule has 1 saturated carbocycles. The van der Waals surface area contributed by atoms with Crippen molar-refractivity contribution in [2.24, 2.45) is 11.3 Å². The number of benzene rings is 1. The van der Waals surface area contributed by atoms with Crippen molar-refractivity contribution in [3.05, 3.63) is 29.8 Å². The molecule has 1 saturated heterocycles. The molecular formula is C19H28N2O5S. The third kappa shape index (κ3) is 4.51. The Kier molecular flexibility index (Phi) is 6.20. The highest BCUT2D eigenvalue weighted by molar-refractivity contribution is 7.89. The van der Waals surface area contributed by atoms with E-state index in [-0.39, 0.29) is 29.4 Å². The molecule has 150 valence electrons. The monoisotopic (exact) mass is 396 g/mol. The van der Waals surface area contributed by atoms with Gasteiger partial charge in [0.05, 0.1) is 11.5 Å². The Bertz CT molecular complexity index is 765. The fourth-order valence-corrected chi connectivity index (χ4v) is 4.99. The van der Waals surface area contributed by atoms with Crippen molar-refractivity contribution in [1.82, 2.24) is 9.62 Å². The Morgan fingerprint density at radius 3 is 2.78 bits per heavy atom. The van der Waals surface area contributed by atoms with E-state index in [2.05, 4.69) is 5.32 Å². The molecule has 0 spiro atoms. The number of sulfonamides is 1. The van der Waals surface area contributed by atoms with E-state index in [1.54, 1.807) is 12.1 Å². The van der Waals surface area contributed by atoms with Crippen LogP contribution in [0.5, 0.6) is 0 Å². The highest BCUT2D eigenvalue weighted by Crippen LogP contribution is 2.41. The molecular weight excluding hydrogens is 368 g/mol. The molecule has 2 fully saturated rings. The fraction of sp³-hybridized carbons (Fsp3) is 0.632. The zero-order chi connectivity index (χ0) is 19.5. The van der Waals surface area contributed by atoms with Crippen LogP contribution in [0.25, 0.3) is 0 Å². The van der Waals surface area contributed by atoms with Crippen molar-refractivity contribution < 1.29 is 23.1 Å². The molecule has 1 atom stereocenters. The lowest BCUT2D eigenvalue weighted by Crippen LogP contribution is -2.45. The van der Waals surface area contributed by atoms with Gasteiger partial charge in [-0.3, -0.25) is 4.79 Å². The summed E-state index contributed by atoms with van der Waals surface area (Å²) in [7, 11) is -2.20. The number of carbonyl (C=O) groups excluding carboxylic acids is 1. The minimum Gasteiger partial charge on any atom is -0.396 e. The first-order chi connectivity index (χ1) is 12.9. The highest BCUT2D eigenvalue weighted by Gasteiger charge is 2.39. The zero-order valence-corrected chi connectivity index (χ0v) is 16.5. The number of hydrogen-bond donors (Lipinski definition) is 2. The molecule has 3 rings (SSSR count). The van der Waals surface area contributed by atoms with Crippen molar-refractivity contribution >= 4 is 15.9 Å². The molecule has 0 unspecified atom stereocenters. The molecule has 1 amide bonds. The summed E-state index contributed by atoms with van der Waals surface area (Å²) in [5.74, 6) is 0.0246. The molecule has 1 aliphatic carbocycles. The van der Waals surface area contributed by atoms with E-state index in [0.29, 0.717) is 24.6 Å². The average Bonchev–Trinajstić information content (AvgIpc) is 3.16. The maximum Gasteiger partial charge on any atom is 0.251 e. The number of amides is 1. The summed E-state index contributed by atoms with van der Waals surface area (Å²) in [6.45, 7) is 2.15. The van der Waals surface area contributed by atoms with E-state index >= 15 is 0 Å². The van der Waals surface area contributed by atoms with E-state index in [1.165, 1.54) is 23.5 Å². The maximum atomic E-state index is 12.9. The van der Waals surface area contributed by atoms with Crippen LogP contribution in [0.2, 0.25) is 0 Å². The van der Waals surface area contributed by atoms with Crippen LogP contribution in [-0.4, -0.2) is 63.7 Å². The van der Waals surface area contributed by atoms with Gasteiger partial charge in [0.25, 0.3) is 5.91 Å². The smallest absolute Gasteiger partial charge is 0.251 e. The second-order valence-corrected chi connectivity index (χ2v) is 9.79. The molecule has 8 heteroatoms. The van der Waals surface area contributed by atoms with E-state index in [4.69, 9.17) is 4.74 Å². The van der Waals surface area contributed by atoms with Gasteiger partial charge in [-0.15, -0.1) is 0 Å². The van der Waals surface area contributed by atoms with Crippen molar-refractivity contribution in [3.8, 4) is 0 Å². The summed E-state index contributed by atoms with van der Waals surface area (Å²) >= 11 is 0. The Hall–Kier alpha value is -1.48. The van der Waals surface area contributed by atoms with Crippen LogP contribution >= 0.6 is 0 Å². The van der Waals surface area contributed by atoms with Crippen molar-refractivity contribution in [3.63, 3.8) is 0 Å². The molecule has 1 aliphatic heterocycles. The second-order valence-electron chi connectivity index (χ2n) is 7.74. The molecule has 0 radical (unpaired) electrons. The van der Waals surface area contributed by atoms with Crippen molar-refractivity contribution in [1.29, 1.82) is 0 Å². The lowest BCUT2D eigenvalue weighted by molar-refractivity contribution is 0.0311. The van der Waals surface area contributed by atoms with Gasteiger partial charge in [0.15, 0.2) is 0 Å². The summed E-state index contributed by atoms with van der Waals surface area (Å²) < 4.78 is 32.4. The van der Waals surface area contributed by atoms with Crippen LogP contribution in [0.3, 0.4) is 0 Å². The first-order valence-electron chi connectivity index (χ1n) is 9.40. The van der Waals surface area contributed by atoms with Gasteiger partial charge in [-0.1, -0.05) is 12.5 Å². The van der Waals surface area contributed by atoms with Gasteiger partial charge < -0.3 is 15.2 Å². The summed E-state index contributed by atoms with van der Waals surface area (Å²) in [6, 6.07) is 6.11. The maximum absolute atomic E-state index is 12.9. The van der Waals surface area contributed by atoms with Gasteiger partial charge in [0.2, 0.25) is 10.0 Å². The lowest BCUT2D eigenvalue weighted by Gasteiger charge is -2.42. The number of ether oxygens (including phenoxy) is 1. The molecule has 27 heavy (non-hydrogen) atoms. The molecule has 1 heterocycles. The fourth-order valence-electron chi connectivity index (χ4n) is 3.66. The number of rotatable bonds is 8. The van der Waals surface area contributed by atoms with Crippen LogP contribution in [0.4, 0.5) is 0 Å². The summed E-state index contributed by atoms with van der Waals surface area (Å²) in [4.78, 5) is 12.5. The van der Waals surface area contributed by atoms with E-state index < -0.39 is 10.0 Å². The first kappa shape index (κ1) is 20.3. The van der Waals surface area contributed by atoms with Gasteiger partial charge in [-0.25, -0.2) is 12.7 Å². The minimum absolute atomic E-state index is 0.0137. The van der Waals surface area contributed by atoms with Gasteiger partial charge in [-0.05, 0) is 37.5 Å². The molecule has 2 aliphatic rings. The predicted octanol–water partition coefficient (Wildman–Crippen LogP) is 1.24. The molecule has 1 aromatic carbocycles. The Morgan fingerprint density at radius 2 is 2.19 bits per heavy atom. The van der Waals surface area contributed by atoms with E-state index in [9.17, 15) is 18.3 Å². The molecule has 7 nitrogen and oxygen atoms in total. The van der Waals surface area contributed by atoms with Crippen LogP contribution in [0.1, 0.15) is 36.0 Å². The van der Waals surface area contributed by atoms with Crippen LogP contribution < -0.4 is 5.32 Å². The first-order valence-corrected chi connectivity index (χ1v) is 10.8. The second kappa shape index (κ2) is 8.26. The van der Waals surface area contributed by atoms with Crippen molar-refractivity contribution in [2.75, 3.05) is 40.0 Å². The van der Waals surface area contributed by atoms with Gasteiger partial charge in [0, 0.05) is 50.2 Å². The topological polar surface area (TPSA) is 95.9 Å². The van der Waals surface area contributed by atoms with E-state index in [0.717, 1.165) is 32.3 Å². The Morgan fingerprint density at radius 1 is 1.41 bits per heavy atom. The average molecular weight is 397 g/mol. The number of hydrogen-bond acceptors (Lipinski definition) is 5. The van der Waals surface area contributed by atoms with Crippen LogP contribution in [0.15, 0.2) is 29.2 Å². The Balaban J connectivity index is 1.68. The SMILES string of the molecule is CN(CC1(CO)CCC1)S(=O)(=O)c1cccc(C(=O)NC[C@@H]2CCOC2)c1. The van der Waals surface area contributed by atoms with Crippen LogP contribution in [-0.2, 0) is 14.8 Å². The number of aliphatic hydroxyl groups is 1. The predicted molar refractivity (Wildman–Crippen MR) is 101 cm³/mol. The van der Waals surface area contributed by atoms with Gasteiger partial charge in [-0.2, -0.15) is 0 Å². The minimum atomic E-state index is -3.72. The summed E-state index contributed by atoms with van der Waals surface area (Å²) in [5.41, 5.74) is -0.0101. The normalized spacial score (nSPS) is 21.8. The van der Waals surface area contributed by atoms with Crippen molar-refractivity contribution in [2.45, 2.75) is 30.6 Å². The van der Waals surface area contributed by atoms with Gasteiger partial charge in [0.1, 0.15) is 0 Å². The van der Waals surface area contributed by atoms with Gasteiger partial charge >= 0.3 is 0 Å². The Labute approximate surface area is 160 Å². The standard InChI is InChI=1S/C19H28N2O5S/c1-21(13-19(14-22)7-3-8-19)27(24,25)17-5-2-4-16(10-17)18(23)20-11-15-6-9-26-12-15/h2,4-5,10,15,22H,3,6-9,11-14H2,1H3,(H,20,23)/t15-/m0/s1. The molecule has 0 bridgehead atoms.